The fourth-order valence-electron chi connectivity index (χ4n) is 0.118. The molecule has 0 spiro atoms. The van der Waals surface area contributed by atoms with Crippen molar-refractivity contribution in [3.63, 3.8) is 0 Å². The molecule has 0 fully saturated rings. The molecule has 0 aromatic heterocycles. The van der Waals surface area contributed by atoms with Crippen LogP contribution in [0.5, 0.6) is 0 Å². The highest BCUT2D eigenvalue weighted by atomic mass is 32.3. The molecule has 0 aliphatic carbocycles. The summed E-state index contributed by atoms with van der Waals surface area (Å²) in [7, 11) is -5.32. The maximum absolute atomic E-state index is 11.2. The molecule has 0 saturated heterocycles. The second-order valence-electron chi connectivity index (χ2n) is 0.913. The molecule has 0 bridgehead atoms. The average Bonchev–Trinajstić information content (AvgIpc) is 1.62. The van der Waals surface area contributed by atoms with Gasteiger partial charge in [-0.25, -0.2) is 4.79 Å². The van der Waals surface area contributed by atoms with Crippen LogP contribution >= 0.6 is 0 Å². The van der Waals surface area contributed by atoms with Crippen LogP contribution in [0, 0.1) is 0 Å². The largest absolute Gasteiger partial charge is 0.491 e. The van der Waals surface area contributed by atoms with Gasteiger partial charge in [0.15, 0.2) is 0 Å². The van der Waals surface area contributed by atoms with E-state index in [1.165, 1.54) is 0 Å². The quantitative estimate of drug-likeness (QED) is 0.289. The summed E-state index contributed by atoms with van der Waals surface area (Å²) in [5.41, 5.74) is 0. The van der Waals surface area contributed by atoms with E-state index in [1.807, 2.05) is 0 Å². The Hall–Kier alpha value is -0.980. The van der Waals surface area contributed by atoms with E-state index in [1.54, 1.807) is 0 Å². The van der Waals surface area contributed by atoms with E-state index in [0.717, 1.165) is 0 Å². The molecule has 9 heavy (non-hydrogen) atoms. The second-order valence-corrected chi connectivity index (χ2v) is 1.87. The molecule has 0 atom stereocenters. The van der Waals surface area contributed by atoms with Gasteiger partial charge in [-0.15, -0.1) is 0 Å². The Balaban J connectivity index is 4.06. The Labute approximate surface area is 49.8 Å². The van der Waals surface area contributed by atoms with Crippen LogP contribution < -0.4 is 0 Å². The highest BCUT2D eigenvalue weighted by Gasteiger charge is 2.13. The summed E-state index contributed by atoms with van der Waals surface area (Å²) in [5, 5.41) is 0. The van der Waals surface area contributed by atoms with Crippen molar-refractivity contribution in [2.45, 2.75) is 0 Å². The van der Waals surface area contributed by atoms with Crippen LogP contribution in [0.1, 0.15) is 0 Å². The van der Waals surface area contributed by atoms with Crippen molar-refractivity contribution in [3.05, 3.63) is 0 Å². The summed E-state index contributed by atoms with van der Waals surface area (Å²) >= 11 is 0. The van der Waals surface area contributed by atoms with Crippen LogP contribution in [0.4, 0.5) is 3.89 Å². The molecule has 0 saturated carbocycles. The lowest BCUT2D eigenvalue weighted by molar-refractivity contribution is -0.141. The van der Waals surface area contributed by atoms with Gasteiger partial charge >= 0.3 is 16.5 Å². The van der Waals surface area contributed by atoms with E-state index in [2.05, 4.69) is 4.18 Å². The molecule has 7 heteroatoms. The Morgan fingerprint density at radius 3 is 2.11 bits per heavy atom. The Morgan fingerprint density at radius 1 is 1.56 bits per heavy atom. The summed E-state index contributed by atoms with van der Waals surface area (Å²) in [6.45, 7) is 0. The highest BCUT2D eigenvalue weighted by molar-refractivity contribution is 7.82. The van der Waals surface area contributed by atoms with Crippen molar-refractivity contribution < 1.29 is 26.1 Å². The normalized spacial score (nSPS) is 10.3. The molecule has 0 aliphatic heterocycles. The number of carbonyl (C=O) groups excluding carboxylic acids is 2. The van der Waals surface area contributed by atoms with Crippen molar-refractivity contribution >= 4 is 22.8 Å². The van der Waals surface area contributed by atoms with Crippen molar-refractivity contribution in [3.8, 4) is 0 Å². The minimum atomic E-state index is -5.32. The number of rotatable bonds is 2. The van der Waals surface area contributed by atoms with Crippen LogP contribution in [0.25, 0.3) is 0 Å². The Kier molecular flexibility index (Phi) is 2.26. The second kappa shape index (κ2) is 2.53. The minimum absolute atomic E-state index is 0.461. The maximum atomic E-state index is 11.2. The lowest BCUT2D eigenvalue weighted by atomic mass is 10.8. The van der Waals surface area contributed by atoms with E-state index in [0.29, 0.717) is 0 Å². The van der Waals surface area contributed by atoms with Crippen LogP contribution in [-0.2, 0) is 24.3 Å². The smallest absolute Gasteiger partial charge is 0.314 e. The zero-order chi connectivity index (χ0) is 7.49. The van der Waals surface area contributed by atoms with Crippen molar-refractivity contribution in [2.24, 2.45) is 0 Å². The molecule has 0 aliphatic rings. The van der Waals surface area contributed by atoms with Gasteiger partial charge in [0.2, 0.25) is 6.29 Å². The lowest BCUT2D eigenvalue weighted by Gasteiger charge is -1.86. The zero-order valence-corrected chi connectivity index (χ0v) is 4.72. The zero-order valence-electron chi connectivity index (χ0n) is 3.90. The number of aldehydes is 1. The van der Waals surface area contributed by atoms with Crippen molar-refractivity contribution in [2.75, 3.05) is 0 Å². The van der Waals surface area contributed by atoms with E-state index < -0.39 is 22.8 Å². The van der Waals surface area contributed by atoms with Gasteiger partial charge in [-0.3, -0.25) is 4.79 Å². The maximum Gasteiger partial charge on any atom is 0.491 e. The van der Waals surface area contributed by atoms with Crippen LogP contribution in [0.3, 0.4) is 0 Å². The van der Waals surface area contributed by atoms with Gasteiger partial charge < -0.3 is 4.18 Å². The molecular formula is C2HFO5S. The third-order valence-electron chi connectivity index (χ3n) is 0.278. The number of halogens is 1. The number of hydrogen-bond acceptors (Lipinski definition) is 5. The van der Waals surface area contributed by atoms with Crippen LogP contribution in [0.2, 0.25) is 0 Å². The van der Waals surface area contributed by atoms with E-state index >= 15 is 0 Å². The van der Waals surface area contributed by atoms with E-state index in [-0.39, 0.29) is 0 Å². The van der Waals surface area contributed by atoms with Gasteiger partial charge in [-0.2, -0.15) is 8.42 Å². The van der Waals surface area contributed by atoms with Gasteiger partial charge in [0.1, 0.15) is 0 Å². The fourth-order valence-corrected chi connectivity index (χ4v) is 0.353. The van der Waals surface area contributed by atoms with Gasteiger partial charge in [0, 0.05) is 0 Å². The third-order valence-corrected chi connectivity index (χ3v) is 0.641. The predicted octanol–water partition coefficient (Wildman–Crippen LogP) is -1.06. The molecule has 52 valence electrons. The van der Waals surface area contributed by atoms with Gasteiger partial charge in [0.25, 0.3) is 0 Å². The summed E-state index contributed by atoms with van der Waals surface area (Å²) < 4.78 is 32.7. The first-order chi connectivity index (χ1) is 3.95. The molecule has 0 N–H and O–H groups in total. The molecule has 0 unspecified atom stereocenters. The van der Waals surface area contributed by atoms with Crippen LogP contribution in [-0.4, -0.2) is 20.7 Å². The minimum Gasteiger partial charge on any atom is -0.314 e. The molecule has 0 aromatic carbocycles. The van der Waals surface area contributed by atoms with Gasteiger partial charge in [-0.05, 0) is 0 Å². The van der Waals surface area contributed by atoms with Gasteiger partial charge in [0.05, 0.1) is 0 Å². The SMILES string of the molecule is O=CC(=O)OS(=O)(=O)F. The summed E-state index contributed by atoms with van der Waals surface area (Å²) in [6, 6.07) is 0. The Morgan fingerprint density at radius 2 is 2.00 bits per heavy atom. The molecule has 0 heterocycles. The summed E-state index contributed by atoms with van der Waals surface area (Å²) in [4.78, 5) is 18.9. The molecule has 5 nitrogen and oxygen atoms in total. The molecular weight excluding hydrogens is 155 g/mol. The average molecular weight is 156 g/mol. The van der Waals surface area contributed by atoms with Crippen molar-refractivity contribution in [1.29, 1.82) is 0 Å². The standard InChI is InChI=1S/C2HFO5S/c3-9(6,7)8-2(5)1-4/h1H. The molecule has 0 amide bonds. The van der Waals surface area contributed by atoms with Crippen molar-refractivity contribution in [1.82, 2.24) is 0 Å². The first-order valence-corrected chi connectivity index (χ1v) is 2.90. The lowest BCUT2D eigenvalue weighted by Crippen LogP contribution is -2.08. The fraction of sp³-hybridized carbons (Fsp3) is 0. The van der Waals surface area contributed by atoms with Gasteiger partial charge in [-0.1, -0.05) is 3.89 Å². The monoisotopic (exact) mass is 156 g/mol. The van der Waals surface area contributed by atoms with E-state index in [9.17, 15) is 21.9 Å². The molecule has 0 radical (unpaired) electrons. The molecule has 0 rings (SSSR count). The van der Waals surface area contributed by atoms with Crippen LogP contribution in [0.15, 0.2) is 0 Å². The summed E-state index contributed by atoms with van der Waals surface area (Å²) in [6.07, 6.45) is -0.461. The first-order valence-electron chi connectivity index (χ1n) is 1.59. The first kappa shape index (κ1) is 8.02. The topological polar surface area (TPSA) is 77.5 Å². The number of carbonyl (C=O) groups is 2. The predicted molar refractivity (Wildman–Crippen MR) is 22.2 cm³/mol. The Bertz CT molecular complexity index is 215. The van der Waals surface area contributed by atoms with E-state index in [4.69, 9.17) is 0 Å². The number of hydrogen-bond donors (Lipinski definition) is 0. The highest BCUT2D eigenvalue weighted by Crippen LogP contribution is 1.91. The third kappa shape index (κ3) is 4.88. The molecule has 0 aromatic rings. The summed E-state index contributed by atoms with van der Waals surface area (Å²) in [5.74, 6) is -1.78.